The van der Waals surface area contributed by atoms with Crippen molar-refractivity contribution in [3.05, 3.63) is 95.4 Å². The van der Waals surface area contributed by atoms with Gasteiger partial charge >= 0.3 is 5.69 Å². The van der Waals surface area contributed by atoms with Crippen molar-refractivity contribution in [2.75, 3.05) is 10.6 Å². The van der Waals surface area contributed by atoms with Crippen LogP contribution in [0.15, 0.2) is 130 Å². The Morgan fingerprint density at radius 2 is 0.868 bits per heavy atom. The van der Waals surface area contributed by atoms with E-state index in [1.807, 2.05) is 0 Å². The number of H-pyrrole nitrogens is 1. The maximum atomic E-state index is 12.4. The number of aromatic amines is 1. The normalized spacial score (nSPS) is 12.7. The topological polar surface area (TPSA) is 350 Å². The van der Waals surface area contributed by atoms with Gasteiger partial charge in [-0.3, -0.25) is 23.2 Å². The van der Waals surface area contributed by atoms with Gasteiger partial charge in [-0.1, -0.05) is 0 Å². The van der Waals surface area contributed by atoms with E-state index in [0.717, 1.165) is 48.5 Å². The maximum absolute atomic E-state index is 12.4. The Labute approximate surface area is 298 Å². The third-order valence-electron chi connectivity index (χ3n) is 6.47. The maximum Gasteiger partial charge on any atom is 0.351 e. The lowest BCUT2D eigenvalue weighted by Crippen LogP contribution is -2.17. The van der Waals surface area contributed by atoms with E-state index in [1.54, 1.807) is 0 Å². The molecule has 0 radical (unpaired) electrons. The van der Waals surface area contributed by atoms with Crippen LogP contribution in [0.3, 0.4) is 0 Å². The summed E-state index contributed by atoms with van der Waals surface area (Å²) in [4.78, 5) is 19.8. The molecule has 0 saturated heterocycles. The van der Waals surface area contributed by atoms with Crippen molar-refractivity contribution in [2.45, 2.75) is 19.6 Å². The summed E-state index contributed by atoms with van der Waals surface area (Å²) in [5.74, 6) is -1.00. The van der Waals surface area contributed by atoms with Gasteiger partial charge in [-0.05, 0) is 84.9 Å². The molecule has 0 fully saturated rings. The molecule has 1 heterocycles. The molecule has 1 aromatic heterocycles. The molecule has 0 atom stereocenters. The summed E-state index contributed by atoms with van der Waals surface area (Å²) < 4.78 is 132. The molecule has 22 nitrogen and oxygen atoms in total. The fraction of sp³-hybridized carbons (Fsp3) is 0. The van der Waals surface area contributed by atoms with Gasteiger partial charge in [0.05, 0.1) is 43.9 Å². The van der Waals surface area contributed by atoms with E-state index in [4.69, 9.17) is 9.11 Å². The summed E-state index contributed by atoms with van der Waals surface area (Å²) in [6, 6.07) is 15.6. The predicted octanol–water partition coefficient (Wildman–Crippen LogP) is 4.47. The van der Waals surface area contributed by atoms with E-state index in [1.165, 1.54) is 36.4 Å². The lowest BCUT2D eigenvalue weighted by Gasteiger charge is -2.12. The van der Waals surface area contributed by atoms with Gasteiger partial charge in [0.25, 0.3) is 40.5 Å². The minimum Gasteiger partial charge on any atom is -0.324 e. The molecule has 4 aromatic carbocycles. The van der Waals surface area contributed by atoms with E-state index >= 15 is 0 Å². The summed E-state index contributed by atoms with van der Waals surface area (Å²) in [6.45, 7) is 0. The Morgan fingerprint density at radius 3 is 1.26 bits per heavy atom. The highest BCUT2D eigenvalue weighted by Crippen LogP contribution is 2.32. The van der Waals surface area contributed by atoms with E-state index in [9.17, 15) is 47.6 Å². The molecule has 53 heavy (non-hydrogen) atoms. The lowest BCUT2D eigenvalue weighted by atomic mass is 10.3. The standard InChI is InChI=1S/C27H21N9O13S4/c37-27-31-25(28-21-11-5-17(13-23(21)52(44,45)46)35-33-15-1-7-19(8-2-15)50(38,39)40)30-26(32-27)29-22-12-6-18(14-24(22)53(47,48)49)36-34-16-3-9-20(10-4-16)51(41,42)43/h1-14H,(H,38,39,40)(H,41,42,43)(H,44,45,46)(H,47,48,49)(H3,28,29,30,31,32,37). The van der Waals surface area contributed by atoms with Gasteiger partial charge in [-0.15, -0.1) is 0 Å². The Kier molecular flexibility index (Phi) is 10.6. The summed E-state index contributed by atoms with van der Waals surface area (Å²) in [6.07, 6.45) is 0. The zero-order valence-electron chi connectivity index (χ0n) is 25.9. The first-order chi connectivity index (χ1) is 24.6. The zero-order valence-corrected chi connectivity index (χ0v) is 29.1. The van der Waals surface area contributed by atoms with E-state index < -0.39 is 77.6 Å². The van der Waals surface area contributed by atoms with Gasteiger partial charge in [0.1, 0.15) is 9.79 Å². The number of rotatable bonds is 12. The molecule has 276 valence electrons. The van der Waals surface area contributed by atoms with Crippen LogP contribution in [0.1, 0.15) is 0 Å². The first kappa shape index (κ1) is 38.4. The second-order valence-electron chi connectivity index (χ2n) is 10.2. The summed E-state index contributed by atoms with van der Waals surface area (Å²) in [7, 11) is -18.8. The average molecular weight is 808 g/mol. The molecule has 0 aliphatic rings. The average Bonchev–Trinajstić information content (AvgIpc) is 3.05. The molecule has 0 aliphatic carbocycles. The predicted molar refractivity (Wildman–Crippen MR) is 183 cm³/mol. The van der Waals surface area contributed by atoms with Crippen LogP contribution in [0.5, 0.6) is 0 Å². The molecule has 26 heteroatoms. The van der Waals surface area contributed by atoms with Crippen LogP contribution in [0.2, 0.25) is 0 Å². The van der Waals surface area contributed by atoms with Crippen LogP contribution in [0, 0.1) is 0 Å². The van der Waals surface area contributed by atoms with Crippen molar-refractivity contribution < 1.29 is 51.9 Å². The minimum atomic E-state index is -4.97. The highest BCUT2D eigenvalue weighted by molar-refractivity contribution is 7.86. The van der Waals surface area contributed by atoms with Gasteiger partial charge in [-0.25, -0.2) is 4.79 Å². The number of aromatic nitrogens is 3. The van der Waals surface area contributed by atoms with Crippen molar-refractivity contribution in [1.29, 1.82) is 0 Å². The van der Waals surface area contributed by atoms with E-state index in [0.29, 0.717) is 0 Å². The first-order valence-corrected chi connectivity index (χ1v) is 19.7. The fourth-order valence-corrected chi connectivity index (χ4v) is 6.42. The first-order valence-electron chi connectivity index (χ1n) is 13.9. The molecule has 0 spiro atoms. The highest BCUT2D eigenvalue weighted by atomic mass is 32.2. The van der Waals surface area contributed by atoms with Crippen LogP contribution < -0.4 is 16.3 Å². The number of hydrogen-bond donors (Lipinski definition) is 7. The zero-order chi connectivity index (χ0) is 38.8. The number of anilines is 4. The molecule has 0 aliphatic heterocycles. The van der Waals surface area contributed by atoms with Crippen molar-refractivity contribution in [1.82, 2.24) is 15.0 Å². The molecule has 0 amide bonds. The van der Waals surface area contributed by atoms with Crippen LogP contribution in [0.4, 0.5) is 46.0 Å². The summed E-state index contributed by atoms with van der Waals surface area (Å²) in [5, 5.41) is 20.3. The molecular weight excluding hydrogens is 787 g/mol. The Balaban J connectivity index is 1.39. The van der Waals surface area contributed by atoms with Crippen molar-refractivity contribution in [3.8, 4) is 0 Å². The van der Waals surface area contributed by atoms with Crippen LogP contribution in [-0.4, -0.2) is 66.8 Å². The largest absolute Gasteiger partial charge is 0.351 e. The quantitative estimate of drug-likeness (QED) is 0.0675. The number of benzene rings is 4. The molecule has 5 rings (SSSR count). The summed E-state index contributed by atoms with van der Waals surface area (Å²) >= 11 is 0. The van der Waals surface area contributed by atoms with Crippen molar-refractivity contribution >= 4 is 86.5 Å². The fourth-order valence-electron chi connectivity index (χ4n) is 4.13. The van der Waals surface area contributed by atoms with Gasteiger partial charge < -0.3 is 10.6 Å². The molecular formula is C27H21N9O13S4. The minimum absolute atomic E-state index is 0.101. The van der Waals surface area contributed by atoms with Crippen LogP contribution >= 0.6 is 0 Å². The third kappa shape index (κ3) is 10.1. The highest BCUT2D eigenvalue weighted by Gasteiger charge is 2.20. The van der Waals surface area contributed by atoms with Gasteiger partial charge in [0.2, 0.25) is 11.9 Å². The second kappa shape index (κ2) is 14.6. The van der Waals surface area contributed by atoms with Crippen molar-refractivity contribution in [3.63, 3.8) is 0 Å². The SMILES string of the molecule is O=c1nc(Nc2ccc(N=Nc3ccc(S(=O)(=O)O)cc3)cc2S(=O)(=O)O)nc(Nc2ccc(N=Nc3ccc(S(=O)(=O)O)cc3)cc2S(=O)(=O)O)[nH]1. The molecule has 7 N–H and O–H groups in total. The Hall–Kier alpha value is -5.87. The molecule has 0 bridgehead atoms. The Bertz CT molecular complexity index is 2610. The van der Waals surface area contributed by atoms with Gasteiger partial charge in [-0.2, -0.15) is 64.1 Å². The van der Waals surface area contributed by atoms with E-state index in [2.05, 4.69) is 46.0 Å². The van der Waals surface area contributed by atoms with Crippen LogP contribution in [0.25, 0.3) is 0 Å². The monoisotopic (exact) mass is 807 g/mol. The summed E-state index contributed by atoms with van der Waals surface area (Å²) in [5.41, 5.74) is -1.71. The molecule has 0 saturated carbocycles. The van der Waals surface area contributed by atoms with Gasteiger partial charge in [0.15, 0.2) is 0 Å². The van der Waals surface area contributed by atoms with E-state index in [-0.39, 0.29) is 34.1 Å². The number of nitrogens with zero attached hydrogens (tertiary/aromatic N) is 6. The molecule has 5 aromatic rings. The molecule has 0 unspecified atom stereocenters. The Morgan fingerprint density at radius 1 is 0.491 bits per heavy atom. The van der Waals surface area contributed by atoms with Crippen molar-refractivity contribution in [2.24, 2.45) is 20.5 Å². The van der Waals surface area contributed by atoms with Gasteiger partial charge in [0, 0.05) is 0 Å². The second-order valence-corrected chi connectivity index (χ2v) is 15.8. The van der Waals surface area contributed by atoms with Crippen LogP contribution in [-0.2, 0) is 40.5 Å². The number of azo groups is 2. The smallest absolute Gasteiger partial charge is 0.324 e. The lowest BCUT2D eigenvalue weighted by molar-refractivity contribution is 0.481. The number of nitrogens with one attached hydrogen (secondary N) is 3. The number of hydrogen-bond acceptors (Lipinski definition) is 17. The third-order valence-corrected chi connectivity index (χ3v) is 9.99.